The van der Waals surface area contributed by atoms with E-state index in [1.807, 2.05) is 275 Å². The van der Waals surface area contributed by atoms with Crippen molar-refractivity contribution >= 4 is 0 Å². The van der Waals surface area contributed by atoms with E-state index in [9.17, 15) is 86.8 Å². The molecule has 0 heterocycles. The number of hydrogen-bond donors (Lipinski definition) is 29. The van der Waals surface area contributed by atoms with Gasteiger partial charge in [0.25, 0.3) is 0 Å². The minimum absolute atomic E-state index is 0.00938. The molecule has 146 heavy (non-hydrogen) atoms. The van der Waals surface area contributed by atoms with Gasteiger partial charge < -0.3 is 155 Å². The lowest BCUT2D eigenvalue weighted by molar-refractivity contribution is -0.0348. The lowest BCUT2D eigenvalue weighted by atomic mass is 9.89. The SMILES string of the molecule is CC(C)(N)CC(O)CNC(C)(C)CC(O)CN(CCN(CCN(CC(O)CC(C)(C)N(CC(O)CC(C)(C)N)CC(O)CC(C)(C)N)CC(O)CC(C)(C)N(CC(O)CC(C)(C)N)CC(O)CC(C)(C)N)CCN(CC(O)CC(C)(C)N(CC(O)CC(C)(C)N)CC(O)CC(C)(C)N)CC(O)CC(C)(C)N(CC(O)CC(C)(C)N)CC(O)CC(C)(C)N)CC(O)CC(C)(C)N(CC(O)CC(C)(C)N)CC(O)CC(C)(C)N. The largest absolute Gasteiger partial charge is 0.392 e. The molecule has 0 rings (SSSR count). The summed E-state index contributed by atoms with van der Waals surface area (Å²) < 4.78 is 0. The van der Waals surface area contributed by atoms with E-state index >= 15 is 0 Å². The fraction of sp³-hybridized carbons (Fsp3) is 1.00. The molecule has 38 heteroatoms. The average Bonchev–Trinajstić information content (AvgIpc) is 0.833. The van der Waals surface area contributed by atoms with Crippen molar-refractivity contribution in [2.45, 2.75) is 542 Å². The molecule has 0 aliphatic heterocycles. The molecule has 0 fully saturated rings. The third-order valence-corrected chi connectivity index (χ3v) is 27.2. The Morgan fingerprint density at radius 2 is 0.260 bits per heavy atom. The first-order chi connectivity index (χ1) is 65.0. The monoisotopic (exact) mass is 2100 g/mol. The van der Waals surface area contributed by atoms with E-state index in [-0.39, 0.29) is 253 Å². The van der Waals surface area contributed by atoms with Gasteiger partial charge in [0.2, 0.25) is 0 Å². The van der Waals surface area contributed by atoms with Crippen molar-refractivity contribution in [2.24, 2.45) is 63.1 Å². The van der Waals surface area contributed by atoms with Gasteiger partial charge in [-0.05, 0) is 345 Å². The van der Waals surface area contributed by atoms with Crippen LogP contribution in [0.2, 0.25) is 0 Å². The molecule has 0 saturated heterocycles. The summed E-state index contributed by atoms with van der Waals surface area (Å²) in [7, 11) is 0. The lowest BCUT2D eigenvalue weighted by Crippen LogP contribution is -2.56. The van der Waals surface area contributed by atoms with Gasteiger partial charge in [-0.2, -0.15) is 0 Å². The van der Waals surface area contributed by atoms with Gasteiger partial charge in [0, 0.05) is 245 Å². The number of β-amino-alcohol motifs (C(OH)–C–C–N with tert-alkyl or cyclic N) is 11. The highest BCUT2D eigenvalue weighted by Crippen LogP contribution is 2.34. The van der Waals surface area contributed by atoms with Crippen LogP contribution in [0.25, 0.3) is 0 Å². The maximum absolute atomic E-state index is 13.1. The van der Waals surface area contributed by atoms with E-state index in [0.717, 1.165) is 0 Å². The Bertz CT molecular complexity index is 3050. The maximum Gasteiger partial charge on any atom is 0.0684 e. The van der Waals surface area contributed by atoms with Gasteiger partial charge in [-0.15, -0.1) is 0 Å². The first kappa shape index (κ1) is 144. The standard InChI is InChI=1S/C108H239N21O17/c1-92(2,109)41-75(130)58-120-103(23,24)52-86(141)59-122(60-87(142)53-104(25,26)125(65-76(131)42-93(3,4)110)66-77(132)43-94(5,6)111)38-35-121(36-39-123(61-88(143)54-105(27,28)126(67-78(133)44-95(7,8)112)68-79(134)45-96(9,10)113)62-89(144)55-106(29,30)127(69-80(135)46-97(11,12)114)70-81(136)47-98(13,14)115)37-40-124(63-90(145)56-107(31,32)128(71-82(137)48-99(15,16)116)72-83(138)49-100(17,18)117)64-91(146)57-108(33,34)129(73-84(139)50-101(19,20)118)74-85(140)51-102(21,22)119/h75-91,120,130-146H,35-74,109-119H2,1-34H3. The topological polar surface area (TPSA) is 671 Å². The number of nitrogens with zero attached hydrogens (tertiary/aromatic N) is 9. The smallest absolute Gasteiger partial charge is 0.0684 e. The fourth-order valence-corrected chi connectivity index (χ4v) is 21.5. The molecule has 0 aromatic heterocycles. The van der Waals surface area contributed by atoms with E-state index in [4.69, 9.17) is 63.1 Å². The van der Waals surface area contributed by atoms with E-state index in [2.05, 4.69) is 10.2 Å². The van der Waals surface area contributed by atoms with Crippen LogP contribution in [0.1, 0.15) is 345 Å². The molecule has 38 nitrogen and oxygen atoms in total. The quantitative estimate of drug-likeness (QED) is 0.0401. The summed E-state index contributed by atoms with van der Waals surface area (Å²) in [5.74, 6) is 0. The summed E-state index contributed by atoms with van der Waals surface area (Å²) in [6.07, 6.45) is -14.1. The number of hydrogen-bond acceptors (Lipinski definition) is 38. The van der Waals surface area contributed by atoms with Crippen LogP contribution in [0.3, 0.4) is 0 Å². The molecule has 0 radical (unpaired) electrons. The normalized spacial score (nSPS) is 18.2. The van der Waals surface area contributed by atoms with Crippen LogP contribution in [-0.2, 0) is 0 Å². The maximum atomic E-state index is 13.1. The van der Waals surface area contributed by atoms with Crippen molar-refractivity contribution in [3.8, 4) is 0 Å². The Morgan fingerprint density at radius 1 is 0.151 bits per heavy atom. The molecule has 0 aromatic carbocycles. The number of rotatable bonds is 83. The zero-order valence-electron chi connectivity index (χ0n) is 99.1. The third kappa shape index (κ3) is 72.4. The Hall–Kier alpha value is -1.52. The summed E-state index contributed by atoms with van der Waals surface area (Å²) in [5, 5.41) is 211. The molecule has 40 N–H and O–H groups in total. The van der Waals surface area contributed by atoms with Crippen molar-refractivity contribution in [1.82, 2.24) is 49.4 Å². The van der Waals surface area contributed by atoms with Crippen LogP contribution in [0.5, 0.6) is 0 Å². The van der Waals surface area contributed by atoms with Gasteiger partial charge in [0.1, 0.15) is 0 Å². The molecule has 0 aliphatic rings. The van der Waals surface area contributed by atoms with E-state index in [0.29, 0.717) is 6.42 Å². The van der Waals surface area contributed by atoms with Crippen LogP contribution in [0, 0.1) is 0 Å². The van der Waals surface area contributed by atoms with Crippen molar-refractivity contribution in [2.75, 3.05) is 151 Å². The zero-order chi connectivity index (χ0) is 115. The number of aliphatic hydroxyl groups is 17. The molecule has 0 spiro atoms. The molecular weight excluding hydrogens is 1860 g/mol. The summed E-state index contributed by atoms with van der Waals surface area (Å²) in [5.41, 5.74) is 57.9. The average molecular weight is 2100 g/mol. The molecular formula is C108H239N21O17. The second-order valence-electron chi connectivity index (χ2n) is 57.4. The van der Waals surface area contributed by atoms with E-state index in [1.165, 1.54) is 0 Å². The minimum Gasteiger partial charge on any atom is -0.392 e. The molecule has 0 amide bonds. The molecule has 0 bridgehead atoms. The first-order valence-electron chi connectivity index (χ1n) is 54.6. The summed E-state index contributed by atoms with van der Waals surface area (Å²) in [6.45, 7) is 65.4. The first-order valence-corrected chi connectivity index (χ1v) is 54.6. The molecule has 17 unspecified atom stereocenters. The highest BCUT2D eigenvalue weighted by Gasteiger charge is 2.44. The Labute approximate surface area is 887 Å². The number of nitrogens with two attached hydrogens (primary N) is 11. The second kappa shape index (κ2) is 60.5. The van der Waals surface area contributed by atoms with Gasteiger partial charge in [-0.25, -0.2) is 0 Å². The van der Waals surface area contributed by atoms with Gasteiger partial charge >= 0.3 is 0 Å². The van der Waals surface area contributed by atoms with Gasteiger partial charge in [-0.3, -0.25) is 44.1 Å². The summed E-state index contributed by atoms with van der Waals surface area (Å²) in [6, 6.07) is 0. The lowest BCUT2D eigenvalue weighted by Gasteiger charge is -2.44. The van der Waals surface area contributed by atoms with Gasteiger partial charge in [-0.1, -0.05) is 0 Å². The third-order valence-electron chi connectivity index (χ3n) is 27.2. The van der Waals surface area contributed by atoms with Gasteiger partial charge in [0.05, 0.1) is 104 Å². The predicted octanol–water partition coefficient (Wildman–Crippen LogP) is 0.843. The van der Waals surface area contributed by atoms with Crippen molar-refractivity contribution in [3.05, 3.63) is 0 Å². The van der Waals surface area contributed by atoms with Crippen molar-refractivity contribution in [1.29, 1.82) is 0 Å². The van der Waals surface area contributed by atoms with Gasteiger partial charge in [0.15, 0.2) is 0 Å². The van der Waals surface area contributed by atoms with Crippen molar-refractivity contribution in [3.63, 3.8) is 0 Å². The van der Waals surface area contributed by atoms with Crippen LogP contribution >= 0.6 is 0 Å². The van der Waals surface area contributed by atoms with Crippen LogP contribution in [-0.4, -0.2) is 479 Å². The zero-order valence-corrected chi connectivity index (χ0v) is 99.1. The predicted molar refractivity (Wildman–Crippen MR) is 598 cm³/mol. The highest BCUT2D eigenvalue weighted by molar-refractivity contribution is 5.00. The minimum atomic E-state index is -1.16. The van der Waals surface area contributed by atoms with E-state index < -0.39 is 198 Å². The Morgan fingerprint density at radius 3 is 0.390 bits per heavy atom. The number of aliphatic hydroxyl groups excluding tert-OH is 17. The Balaban J connectivity index is 10.1. The molecule has 0 aromatic rings. The van der Waals surface area contributed by atoms with Crippen LogP contribution in [0.4, 0.5) is 0 Å². The molecule has 17 atom stereocenters. The summed E-state index contributed by atoms with van der Waals surface area (Å²) >= 11 is 0. The Kier molecular flexibility index (Phi) is 59.8. The summed E-state index contributed by atoms with van der Waals surface area (Å²) in [4.78, 5) is 18.0. The molecule has 0 saturated carbocycles. The van der Waals surface area contributed by atoms with Crippen molar-refractivity contribution < 1.29 is 86.8 Å². The number of nitrogens with one attached hydrogen (secondary N) is 1. The van der Waals surface area contributed by atoms with Crippen LogP contribution in [0.15, 0.2) is 0 Å². The van der Waals surface area contributed by atoms with E-state index in [1.54, 1.807) is 0 Å². The fourth-order valence-electron chi connectivity index (χ4n) is 21.5. The van der Waals surface area contributed by atoms with Crippen LogP contribution < -0.4 is 68.4 Å². The highest BCUT2D eigenvalue weighted by atomic mass is 16.3. The molecule has 0 aliphatic carbocycles. The molecule has 878 valence electrons. The second-order valence-corrected chi connectivity index (χ2v) is 57.4.